The van der Waals surface area contributed by atoms with Crippen LogP contribution in [-0.2, 0) is 4.74 Å². The van der Waals surface area contributed by atoms with Gasteiger partial charge in [-0.3, -0.25) is 0 Å². The average Bonchev–Trinajstić information content (AvgIpc) is 3.34. The molecule has 0 radical (unpaired) electrons. The molecule has 2 aliphatic rings. The van der Waals surface area contributed by atoms with Crippen LogP contribution in [0.15, 0.2) is 24.3 Å². The first-order valence-electron chi connectivity index (χ1n) is 12.2. The lowest BCUT2D eigenvalue weighted by atomic mass is 10.0. The second-order valence-corrected chi connectivity index (χ2v) is 9.24. The normalized spacial score (nSPS) is 19.2. The van der Waals surface area contributed by atoms with Crippen LogP contribution in [0.4, 0.5) is 22.2 Å². The highest BCUT2D eigenvalue weighted by Crippen LogP contribution is 2.29. The fraction of sp³-hybridized carbons (Fsp3) is 0.560. The first kappa shape index (κ1) is 24.2. The minimum absolute atomic E-state index is 0.0539. The predicted octanol–water partition coefficient (Wildman–Crippen LogP) is 3.35. The molecule has 1 aromatic carbocycles. The number of morpholine rings is 1. The third-order valence-corrected chi connectivity index (χ3v) is 6.50. The van der Waals surface area contributed by atoms with Gasteiger partial charge in [-0.2, -0.15) is 4.98 Å². The van der Waals surface area contributed by atoms with Crippen molar-refractivity contribution in [2.45, 2.75) is 39.7 Å². The summed E-state index contributed by atoms with van der Waals surface area (Å²) < 4.78 is 5.48. The Morgan fingerprint density at radius 1 is 1.24 bits per heavy atom. The Labute approximate surface area is 201 Å². The summed E-state index contributed by atoms with van der Waals surface area (Å²) in [6.07, 6.45) is 1.67. The number of aliphatic hydroxyl groups is 1. The Morgan fingerprint density at radius 3 is 2.74 bits per heavy atom. The van der Waals surface area contributed by atoms with Crippen molar-refractivity contribution in [1.29, 1.82) is 0 Å². The number of hydrogen-bond acceptors (Lipinski definition) is 7. The van der Waals surface area contributed by atoms with Crippen LogP contribution < -0.4 is 15.5 Å². The number of rotatable bonds is 7. The molecule has 2 atom stereocenters. The number of amides is 2. The lowest BCUT2D eigenvalue weighted by Gasteiger charge is -2.27. The number of ether oxygens (including phenoxy) is 1. The zero-order chi connectivity index (χ0) is 24.1. The highest BCUT2D eigenvalue weighted by molar-refractivity contribution is 5.90. The molecule has 184 valence electrons. The molecule has 1 aromatic heterocycles. The Balaban J connectivity index is 1.60. The molecule has 2 fully saturated rings. The van der Waals surface area contributed by atoms with Gasteiger partial charge in [-0.15, -0.1) is 0 Å². The minimum atomic E-state index is -0.497. The summed E-state index contributed by atoms with van der Waals surface area (Å²) in [5.41, 5.74) is 3.50. The Bertz CT molecular complexity index is 993. The van der Waals surface area contributed by atoms with Gasteiger partial charge in [0.05, 0.1) is 25.0 Å². The van der Waals surface area contributed by atoms with E-state index in [9.17, 15) is 9.90 Å². The molecular formula is C25H36N6O3. The van der Waals surface area contributed by atoms with E-state index in [1.807, 2.05) is 36.1 Å². The van der Waals surface area contributed by atoms with E-state index in [1.54, 1.807) is 6.92 Å². The van der Waals surface area contributed by atoms with E-state index in [4.69, 9.17) is 9.72 Å². The van der Waals surface area contributed by atoms with Crippen LogP contribution in [0.1, 0.15) is 32.3 Å². The van der Waals surface area contributed by atoms with E-state index in [0.29, 0.717) is 37.4 Å². The quantitative estimate of drug-likeness (QED) is 0.573. The van der Waals surface area contributed by atoms with Crippen LogP contribution in [0.5, 0.6) is 0 Å². The molecule has 0 spiro atoms. The number of likely N-dealkylation sites (tertiary alicyclic amines) is 1. The number of nitrogens with one attached hydrogen (secondary N) is 2. The molecule has 3 N–H and O–H groups in total. The van der Waals surface area contributed by atoms with Gasteiger partial charge < -0.3 is 30.3 Å². The molecule has 0 bridgehead atoms. The summed E-state index contributed by atoms with van der Waals surface area (Å²) in [5.74, 6) is 1.88. The maximum Gasteiger partial charge on any atom is 0.321 e. The largest absolute Gasteiger partial charge is 0.392 e. The van der Waals surface area contributed by atoms with Gasteiger partial charge in [0.2, 0.25) is 5.95 Å². The van der Waals surface area contributed by atoms with E-state index in [0.717, 1.165) is 61.5 Å². The minimum Gasteiger partial charge on any atom is -0.392 e. The van der Waals surface area contributed by atoms with Gasteiger partial charge in [-0.1, -0.05) is 19.4 Å². The summed E-state index contributed by atoms with van der Waals surface area (Å²) in [7, 11) is 0. The second kappa shape index (κ2) is 11.0. The van der Waals surface area contributed by atoms with E-state index < -0.39 is 6.10 Å². The topological polar surface area (TPSA) is 103 Å². The molecular weight excluding hydrogens is 432 g/mol. The number of carbonyl (C=O) groups excluding carboxylic acids is 1. The summed E-state index contributed by atoms with van der Waals surface area (Å²) in [6, 6.07) is 7.75. The number of aryl methyl sites for hydroxylation is 1. The zero-order valence-corrected chi connectivity index (χ0v) is 20.4. The Hall–Kier alpha value is -2.91. The first-order valence-corrected chi connectivity index (χ1v) is 12.2. The van der Waals surface area contributed by atoms with Crippen molar-refractivity contribution >= 4 is 23.5 Å². The van der Waals surface area contributed by atoms with Crippen molar-refractivity contribution in [3.05, 3.63) is 29.8 Å². The Kier molecular flexibility index (Phi) is 7.84. The lowest BCUT2D eigenvalue weighted by molar-refractivity contribution is 0.122. The third kappa shape index (κ3) is 5.95. The second-order valence-electron chi connectivity index (χ2n) is 9.24. The molecule has 9 heteroatoms. The number of aliphatic hydroxyl groups excluding tert-OH is 1. The molecule has 2 aromatic rings. The molecule has 0 unspecified atom stereocenters. The van der Waals surface area contributed by atoms with Crippen LogP contribution >= 0.6 is 0 Å². The summed E-state index contributed by atoms with van der Waals surface area (Å²) in [6.45, 7) is 10.7. The predicted molar refractivity (Wildman–Crippen MR) is 134 cm³/mol. The maximum absolute atomic E-state index is 12.8. The van der Waals surface area contributed by atoms with Crippen LogP contribution in [0, 0.1) is 12.8 Å². The van der Waals surface area contributed by atoms with Gasteiger partial charge in [0, 0.05) is 50.0 Å². The van der Waals surface area contributed by atoms with E-state index in [-0.39, 0.29) is 6.03 Å². The molecule has 0 aliphatic carbocycles. The van der Waals surface area contributed by atoms with Gasteiger partial charge in [-0.05, 0) is 43.9 Å². The summed E-state index contributed by atoms with van der Waals surface area (Å²) >= 11 is 0. The van der Waals surface area contributed by atoms with E-state index in [1.165, 1.54) is 0 Å². The fourth-order valence-electron chi connectivity index (χ4n) is 4.35. The molecule has 2 aliphatic heterocycles. The number of carbonyl (C=O) groups is 1. The van der Waals surface area contributed by atoms with Crippen molar-refractivity contribution in [1.82, 2.24) is 14.9 Å². The van der Waals surface area contributed by atoms with Crippen LogP contribution in [0.25, 0.3) is 11.3 Å². The molecule has 4 rings (SSSR count). The van der Waals surface area contributed by atoms with Crippen molar-refractivity contribution in [3.8, 4) is 11.3 Å². The van der Waals surface area contributed by atoms with E-state index >= 15 is 0 Å². The van der Waals surface area contributed by atoms with Crippen molar-refractivity contribution in [3.63, 3.8) is 0 Å². The fourth-order valence-corrected chi connectivity index (χ4v) is 4.35. The molecule has 2 amide bonds. The maximum atomic E-state index is 12.8. The van der Waals surface area contributed by atoms with Gasteiger partial charge >= 0.3 is 6.03 Å². The molecule has 2 saturated heterocycles. The van der Waals surface area contributed by atoms with Crippen LogP contribution in [0.2, 0.25) is 0 Å². The number of benzene rings is 1. The first-order chi connectivity index (χ1) is 16.4. The Morgan fingerprint density at radius 2 is 2.03 bits per heavy atom. The van der Waals surface area contributed by atoms with Gasteiger partial charge in [0.15, 0.2) is 0 Å². The zero-order valence-electron chi connectivity index (χ0n) is 20.4. The standard InChI is InChI=1S/C25H36N6O3/c1-4-19-7-8-31(16-19)25(33)27-20-6-5-17(2)21(13-20)22-14-23(26-15-18(3)32)29-24(28-22)30-9-11-34-12-10-30/h5-6,13-14,18-19,32H,4,7-12,15-16H2,1-3H3,(H,27,33)(H,26,28,29)/t18-,19+/m0/s1. The van der Waals surface area contributed by atoms with Crippen molar-refractivity contribution < 1.29 is 14.6 Å². The van der Waals surface area contributed by atoms with Crippen molar-refractivity contribution in [2.75, 3.05) is 61.5 Å². The SMILES string of the molecule is CC[C@@H]1CCN(C(=O)Nc2ccc(C)c(-c3cc(NC[C@H](C)O)nc(N4CCOCC4)n3)c2)C1. The number of urea groups is 1. The van der Waals surface area contributed by atoms with Gasteiger partial charge in [0.1, 0.15) is 5.82 Å². The lowest BCUT2D eigenvalue weighted by Crippen LogP contribution is -2.37. The summed E-state index contributed by atoms with van der Waals surface area (Å²) in [4.78, 5) is 26.4. The highest BCUT2D eigenvalue weighted by Gasteiger charge is 2.25. The summed E-state index contributed by atoms with van der Waals surface area (Å²) in [5, 5.41) is 16.0. The molecule has 3 heterocycles. The molecule has 9 nitrogen and oxygen atoms in total. The van der Waals surface area contributed by atoms with Crippen LogP contribution in [-0.4, -0.2) is 78.0 Å². The number of nitrogens with zero attached hydrogens (tertiary/aromatic N) is 4. The average molecular weight is 469 g/mol. The van der Waals surface area contributed by atoms with Gasteiger partial charge in [0.25, 0.3) is 0 Å². The smallest absolute Gasteiger partial charge is 0.321 e. The number of aromatic nitrogens is 2. The molecule has 0 saturated carbocycles. The number of anilines is 3. The highest BCUT2D eigenvalue weighted by atomic mass is 16.5. The van der Waals surface area contributed by atoms with Gasteiger partial charge in [-0.25, -0.2) is 9.78 Å². The van der Waals surface area contributed by atoms with E-state index in [2.05, 4.69) is 27.4 Å². The monoisotopic (exact) mass is 468 g/mol. The third-order valence-electron chi connectivity index (χ3n) is 6.50. The van der Waals surface area contributed by atoms with Crippen molar-refractivity contribution in [2.24, 2.45) is 5.92 Å². The molecule has 34 heavy (non-hydrogen) atoms. The van der Waals surface area contributed by atoms with Crippen LogP contribution in [0.3, 0.4) is 0 Å². The number of hydrogen-bond donors (Lipinski definition) is 3.